The first-order valence-electron chi connectivity index (χ1n) is 9.22. The maximum Gasteiger partial charge on any atom is 0.343 e. The molecular formula is C20H21N3O6S. The van der Waals surface area contributed by atoms with Crippen molar-refractivity contribution in [3.05, 3.63) is 58.4 Å². The topological polar surface area (TPSA) is 106 Å². The molecule has 0 saturated carbocycles. The quantitative estimate of drug-likeness (QED) is 0.373. The zero-order valence-electron chi connectivity index (χ0n) is 16.8. The van der Waals surface area contributed by atoms with Gasteiger partial charge in [0.1, 0.15) is 18.4 Å². The van der Waals surface area contributed by atoms with Gasteiger partial charge in [-0.05, 0) is 32.0 Å². The molecule has 10 heteroatoms. The number of esters is 1. The minimum atomic E-state index is -0.701. The van der Waals surface area contributed by atoms with Gasteiger partial charge < -0.3 is 23.2 Å². The Morgan fingerprint density at radius 2 is 1.90 bits per heavy atom. The average Bonchev–Trinajstić information content (AvgIpc) is 3.14. The second kappa shape index (κ2) is 9.97. The van der Waals surface area contributed by atoms with E-state index >= 15 is 0 Å². The molecule has 0 atom stereocenters. The third kappa shape index (κ3) is 5.20. The van der Waals surface area contributed by atoms with Gasteiger partial charge in [-0.1, -0.05) is 11.8 Å². The summed E-state index contributed by atoms with van der Waals surface area (Å²) in [5.41, 5.74) is -0.234. The zero-order valence-corrected chi connectivity index (χ0v) is 17.6. The van der Waals surface area contributed by atoms with Crippen molar-refractivity contribution >= 4 is 17.7 Å². The number of nitrogens with zero attached hydrogens (tertiary/aromatic N) is 3. The number of thioether (sulfide) groups is 1. The Balaban J connectivity index is 1.69. The molecule has 0 amide bonds. The SMILES string of the molecule is CCOc1ccc(C(=O)Oc2coc(CSc3nncn3C)cc2=O)cc1OCC. The van der Waals surface area contributed by atoms with E-state index in [4.69, 9.17) is 18.6 Å². The molecule has 9 nitrogen and oxygen atoms in total. The van der Waals surface area contributed by atoms with E-state index in [2.05, 4.69) is 10.2 Å². The smallest absolute Gasteiger partial charge is 0.343 e. The predicted octanol–water partition coefficient (Wildman–Crippen LogP) is 3.08. The number of carbonyl (C=O) groups excluding carboxylic acids is 1. The lowest BCUT2D eigenvalue weighted by Crippen LogP contribution is -2.15. The van der Waals surface area contributed by atoms with Crippen LogP contribution in [0.25, 0.3) is 0 Å². The number of ether oxygens (including phenoxy) is 3. The molecule has 0 aliphatic rings. The van der Waals surface area contributed by atoms with Crippen molar-refractivity contribution < 1.29 is 23.4 Å². The highest BCUT2D eigenvalue weighted by molar-refractivity contribution is 7.98. The maximum atomic E-state index is 12.5. The number of carbonyl (C=O) groups is 1. The van der Waals surface area contributed by atoms with Crippen molar-refractivity contribution in [1.29, 1.82) is 0 Å². The van der Waals surface area contributed by atoms with E-state index in [0.29, 0.717) is 41.4 Å². The Hall–Kier alpha value is -3.27. The second-order valence-corrected chi connectivity index (χ2v) is 6.95. The van der Waals surface area contributed by atoms with E-state index in [9.17, 15) is 9.59 Å². The first-order valence-corrected chi connectivity index (χ1v) is 10.2. The highest BCUT2D eigenvalue weighted by Gasteiger charge is 2.16. The van der Waals surface area contributed by atoms with Crippen LogP contribution in [0.2, 0.25) is 0 Å². The standard InChI is InChI=1S/C20H21N3O6S/c1-4-26-16-7-6-13(8-17(16)27-5-2)19(25)29-18-10-28-14(9-15(18)24)11-30-20-22-21-12-23(20)3/h6-10,12H,4-5,11H2,1-3H3. The van der Waals surface area contributed by atoms with Crippen LogP contribution in [0.1, 0.15) is 30.0 Å². The molecule has 0 radical (unpaired) electrons. The van der Waals surface area contributed by atoms with E-state index < -0.39 is 11.4 Å². The van der Waals surface area contributed by atoms with Gasteiger partial charge >= 0.3 is 5.97 Å². The largest absolute Gasteiger partial charge is 0.490 e. The van der Waals surface area contributed by atoms with Crippen LogP contribution in [0.4, 0.5) is 0 Å². The molecule has 0 aliphatic carbocycles. The molecule has 0 saturated heterocycles. The molecule has 0 N–H and O–H groups in total. The first-order chi connectivity index (χ1) is 14.5. The van der Waals surface area contributed by atoms with Crippen molar-refractivity contribution in [1.82, 2.24) is 14.8 Å². The van der Waals surface area contributed by atoms with Gasteiger partial charge in [0.2, 0.25) is 11.2 Å². The van der Waals surface area contributed by atoms with Crippen molar-refractivity contribution in [3.63, 3.8) is 0 Å². The van der Waals surface area contributed by atoms with Crippen LogP contribution in [0.5, 0.6) is 17.2 Å². The molecule has 0 fully saturated rings. The average molecular weight is 431 g/mol. The summed E-state index contributed by atoms with van der Waals surface area (Å²) in [6.45, 7) is 4.56. The molecule has 1 aromatic carbocycles. The summed E-state index contributed by atoms with van der Waals surface area (Å²) in [7, 11) is 1.82. The molecular weight excluding hydrogens is 410 g/mol. The normalized spacial score (nSPS) is 10.6. The van der Waals surface area contributed by atoms with Gasteiger partial charge in [0, 0.05) is 13.1 Å². The summed E-state index contributed by atoms with van der Waals surface area (Å²) in [6.07, 6.45) is 2.71. The lowest BCUT2D eigenvalue weighted by Gasteiger charge is -2.12. The maximum absolute atomic E-state index is 12.5. The van der Waals surface area contributed by atoms with Gasteiger partial charge in [-0.2, -0.15) is 0 Å². The van der Waals surface area contributed by atoms with Crippen molar-refractivity contribution in [2.45, 2.75) is 24.8 Å². The molecule has 0 unspecified atom stereocenters. The zero-order chi connectivity index (χ0) is 21.5. The van der Waals surface area contributed by atoms with Gasteiger partial charge in [-0.15, -0.1) is 10.2 Å². The monoisotopic (exact) mass is 431 g/mol. The van der Waals surface area contributed by atoms with Gasteiger partial charge in [-0.25, -0.2) is 4.79 Å². The number of hydrogen-bond acceptors (Lipinski definition) is 9. The fourth-order valence-corrected chi connectivity index (χ4v) is 3.24. The molecule has 3 rings (SSSR count). The van der Waals surface area contributed by atoms with E-state index in [1.54, 1.807) is 23.0 Å². The summed E-state index contributed by atoms with van der Waals surface area (Å²) < 4.78 is 23.4. The molecule has 0 bridgehead atoms. The fraction of sp³-hybridized carbons (Fsp3) is 0.300. The Labute approximate surface area is 177 Å². The molecule has 0 aliphatic heterocycles. The van der Waals surface area contributed by atoms with E-state index in [0.717, 1.165) is 6.26 Å². The molecule has 158 valence electrons. The summed E-state index contributed by atoms with van der Waals surface area (Å²) in [4.78, 5) is 24.8. The van der Waals surface area contributed by atoms with Crippen LogP contribution < -0.4 is 19.6 Å². The molecule has 30 heavy (non-hydrogen) atoms. The van der Waals surface area contributed by atoms with Crippen molar-refractivity contribution in [2.75, 3.05) is 13.2 Å². The highest BCUT2D eigenvalue weighted by Crippen LogP contribution is 2.29. The molecule has 2 heterocycles. The van der Waals surface area contributed by atoms with Gasteiger partial charge in [-0.3, -0.25) is 4.79 Å². The van der Waals surface area contributed by atoms with E-state index in [1.807, 2.05) is 20.9 Å². The summed E-state index contributed by atoms with van der Waals surface area (Å²) in [6, 6.07) is 5.98. The van der Waals surface area contributed by atoms with Gasteiger partial charge in [0.15, 0.2) is 16.7 Å². The Morgan fingerprint density at radius 1 is 1.13 bits per heavy atom. The van der Waals surface area contributed by atoms with Gasteiger partial charge in [0.05, 0.1) is 24.5 Å². The van der Waals surface area contributed by atoms with Crippen LogP contribution in [0.3, 0.4) is 0 Å². The Bertz CT molecular complexity index is 1080. The molecule has 3 aromatic rings. The van der Waals surface area contributed by atoms with E-state index in [1.165, 1.54) is 23.9 Å². The minimum Gasteiger partial charge on any atom is -0.490 e. The predicted molar refractivity (Wildman–Crippen MR) is 109 cm³/mol. The lowest BCUT2D eigenvalue weighted by molar-refractivity contribution is 0.0728. The van der Waals surface area contributed by atoms with Crippen LogP contribution in [-0.4, -0.2) is 33.9 Å². The molecule has 2 aromatic heterocycles. The van der Waals surface area contributed by atoms with E-state index in [-0.39, 0.29) is 11.3 Å². The second-order valence-electron chi connectivity index (χ2n) is 6.01. The first kappa shape index (κ1) is 21.4. The number of aromatic nitrogens is 3. The van der Waals surface area contributed by atoms with Crippen LogP contribution >= 0.6 is 11.8 Å². The summed E-state index contributed by atoms with van der Waals surface area (Å²) in [5, 5.41) is 8.42. The van der Waals surface area contributed by atoms with Crippen molar-refractivity contribution in [3.8, 4) is 17.2 Å². The van der Waals surface area contributed by atoms with Crippen LogP contribution in [-0.2, 0) is 12.8 Å². The van der Waals surface area contributed by atoms with Crippen LogP contribution in [0, 0.1) is 0 Å². The number of aryl methyl sites for hydroxylation is 1. The Morgan fingerprint density at radius 3 is 2.57 bits per heavy atom. The fourth-order valence-electron chi connectivity index (χ4n) is 2.46. The third-order valence-electron chi connectivity index (χ3n) is 3.85. The molecule has 0 spiro atoms. The number of hydrogen-bond donors (Lipinski definition) is 0. The third-order valence-corrected chi connectivity index (χ3v) is 4.90. The van der Waals surface area contributed by atoms with Crippen molar-refractivity contribution in [2.24, 2.45) is 7.05 Å². The lowest BCUT2D eigenvalue weighted by atomic mass is 10.2. The van der Waals surface area contributed by atoms with Crippen LogP contribution in [0.15, 0.2) is 51.2 Å². The Kier molecular flexibility index (Phi) is 7.12. The number of benzene rings is 1. The number of rotatable bonds is 9. The summed E-state index contributed by atoms with van der Waals surface area (Å²) in [5.74, 6) is 0.864. The van der Waals surface area contributed by atoms with Gasteiger partial charge in [0.25, 0.3) is 0 Å². The summed E-state index contributed by atoms with van der Waals surface area (Å²) >= 11 is 1.37. The highest BCUT2D eigenvalue weighted by atomic mass is 32.2. The minimum absolute atomic E-state index is 0.195.